The van der Waals surface area contributed by atoms with Gasteiger partial charge in [0.15, 0.2) is 5.57 Å². The summed E-state index contributed by atoms with van der Waals surface area (Å²) < 4.78 is 10.2. The molecule has 0 bridgehead atoms. The molecule has 0 unspecified atom stereocenters. The lowest BCUT2D eigenvalue weighted by molar-refractivity contribution is -0.138. The molecule has 0 radical (unpaired) electrons. The molecule has 0 aromatic carbocycles. The van der Waals surface area contributed by atoms with Crippen molar-refractivity contribution in [2.75, 3.05) is 26.4 Å². The van der Waals surface area contributed by atoms with Crippen LogP contribution < -0.4 is 5.32 Å². The summed E-state index contributed by atoms with van der Waals surface area (Å²) in [7, 11) is 0. The average molecular weight is 338 g/mol. The molecule has 0 saturated heterocycles. The predicted octanol–water partition coefficient (Wildman–Crippen LogP) is 4.09. The first-order chi connectivity index (χ1) is 11.8. The molecule has 5 heteroatoms. The van der Waals surface area contributed by atoms with Crippen molar-refractivity contribution >= 4 is 5.97 Å². The highest BCUT2D eigenvalue weighted by Gasteiger charge is 2.09. The second kappa shape index (κ2) is 17.8. The van der Waals surface area contributed by atoms with Gasteiger partial charge < -0.3 is 14.8 Å². The lowest BCUT2D eigenvalue weighted by atomic mass is 10.1. The van der Waals surface area contributed by atoms with Gasteiger partial charge in [-0.1, -0.05) is 51.9 Å². The van der Waals surface area contributed by atoms with Crippen molar-refractivity contribution in [1.82, 2.24) is 5.32 Å². The molecule has 0 amide bonds. The molecule has 0 aliphatic rings. The zero-order valence-corrected chi connectivity index (χ0v) is 15.4. The van der Waals surface area contributed by atoms with Gasteiger partial charge in [0.25, 0.3) is 0 Å². The standard InChI is InChI=1S/C19H34N2O3/c1-3-5-6-7-8-9-10-11-13-21-17-18(16-20)19(22)24-15-12-14-23-4-2/h17,21H,3-15H2,1-2H3. The molecule has 0 aromatic heterocycles. The first kappa shape index (κ1) is 22.5. The maximum absolute atomic E-state index is 11.7. The Hall–Kier alpha value is -1.54. The SMILES string of the molecule is CCCCCCCCCCNC=C(C#N)C(=O)OCCCOCC. The highest BCUT2D eigenvalue weighted by Crippen LogP contribution is 2.07. The minimum Gasteiger partial charge on any atom is -0.461 e. The average Bonchev–Trinajstić information content (AvgIpc) is 2.59. The van der Waals surface area contributed by atoms with Gasteiger partial charge in [0.05, 0.1) is 6.61 Å². The molecule has 24 heavy (non-hydrogen) atoms. The second-order valence-corrected chi connectivity index (χ2v) is 5.79. The summed E-state index contributed by atoms with van der Waals surface area (Å²) in [5.74, 6) is -0.572. The van der Waals surface area contributed by atoms with Crippen molar-refractivity contribution < 1.29 is 14.3 Å². The van der Waals surface area contributed by atoms with Gasteiger partial charge in [-0.25, -0.2) is 4.79 Å². The van der Waals surface area contributed by atoms with Crippen molar-refractivity contribution in [1.29, 1.82) is 5.26 Å². The monoisotopic (exact) mass is 338 g/mol. The van der Waals surface area contributed by atoms with Crippen LogP contribution >= 0.6 is 0 Å². The van der Waals surface area contributed by atoms with Gasteiger partial charge in [0.2, 0.25) is 0 Å². The fourth-order valence-corrected chi connectivity index (χ4v) is 2.22. The van der Waals surface area contributed by atoms with Crippen molar-refractivity contribution in [2.24, 2.45) is 0 Å². The number of ether oxygens (including phenoxy) is 2. The molecule has 1 N–H and O–H groups in total. The van der Waals surface area contributed by atoms with Crippen LogP contribution in [0.5, 0.6) is 0 Å². The molecule has 0 heterocycles. The molecule has 0 atom stereocenters. The number of carbonyl (C=O) groups excluding carboxylic acids is 1. The van der Waals surface area contributed by atoms with Crippen LogP contribution in [0.15, 0.2) is 11.8 Å². The van der Waals surface area contributed by atoms with Crippen LogP contribution in [0.1, 0.15) is 71.6 Å². The van der Waals surface area contributed by atoms with E-state index in [1.54, 1.807) is 0 Å². The van der Waals surface area contributed by atoms with Gasteiger partial charge in [-0.2, -0.15) is 5.26 Å². The number of hydrogen-bond acceptors (Lipinski definition) is 5. The van der Waals surface area contributed by atoms with E-state index in [0.717, 1.165) is 13.0 Å². The maximum Gasteiger partial charge on any atom is 0.350 e. The van der Waals surface area contributed by atoms with Crippen LogP contribution in [0.4, 0.5) is 0 Å². The summed E-state index contributed by atoms with van der Waals surface area (Å²) in [6.07, 6.45) is 12.2. The van der Waals surface area contributed by atoms with E-state index in [4.69, 9.17) is 14.7 Å². The van der Waals surface area contributed by atoms with E-state index in [-0.39, 0.29) is 12.2 Å². The fraction of sp³-hybridized carbons (Fsp3) is 0.789. The quantitative estimate of drug-likeness (QED) is 0.199. The third-order valence-electron chi connectivity index (χ3n) is 3.63. The van der Waals surface area contributed by atoms with E-state index in [0.29, 0.717) is 19.6 Å². The van der Waals surface area contributed by atoms with Crippen LogP contribution in [0.25, 0.3) is 0 Å². The van der Waals surface area contributed by atoms with Crippen molar-refractivity contribution in [3.63, 3.8) is 0 Å². The molecule has 0 aliphatic carbocycles. The topological polar surface area (TPSA) is 71.4 Å². The fourth-order valence-electron chi connectivity index (χ4n) is 2.22. The summed E-state index contributed by atoms with van der Waals surface area (Å²) in [4.78, 5) is 11.7. The number of hydrogen-bond donors (Lipinski definition) is 1. The molecule has 0 saturated carbocycles. The first-order valence-corrected chi connectivity index (χ1v) is 9.34. The number of rotatable bonds is 16. The van der Waals surface area contributed by atoms with Gasteiger partial charge in [0, 0.05) is 32.4 Å². The van der Waals surface area contributed by atoms with E-state index >= 15 is 0 Å². The lowest BCUT2D eigenvalue weighted by Gasteiger charge is -2.05. The number of nitrogens with one attached hydrogen (secondary N) is 1. The largest absolute Gasteiger partial charge is 0.461 e. The van der Waals surface area contributed by atoms with Crippen LogP contribution in [0.2, 0.25) is 0 Å². The van der Waals surface area contributed by atoms with E-state index in [1.807, 2.05) is 13.0 Å². The molecule has 0 aliphatic heterocycles. The van der Waals surface area contributed by atoms with Crippen LogP contribution in [-0.2, 0) is 14.3 Å². The van der Waals surface area contributed by atoms with Gasteiger partial charge in [-0.3, -0.25) is 0 Å². The summed E-state index contributed by atoms with van der Waals surface area (Å²) >= 11 is 0. The molecule has 138 valence electrons. The molecule has 0 aromatic rings. The van der Waals surface area contributed by atoms with E-state index in [9.17, 15) is 4.79 Å². The number of nitriles is 1. The Bertz CT molecular complexity index is 375. The Morgan fingerprint density at radius 3 is 2.29 bits per heavy atom. The third-order valence-corrected chi connectivity index (χ3v) is 3.63. The second-order valence-electron chi connectivity index (χ2n) is 5.79. The van der Waals surface area contributed by atoms with Gasteiger partial charge >= 0.3 is 5.97 Å². The van der Waals surface area contributed by atoms with Crippen molar-refractivity contribution in [3.05, 3.63) is 11.8 Å². The number of unbranched alkanes of at least 4 members (excludes halogenated alkanes) is 7. The van der Waals surface area contributed by atoms with Crippen LogP contribution in [0, 0.1) is 11.3 Å². The zero-order chi connectivity index (χ0) is 17.9. The molecular formula is C19H34N2O3. The van der Waals surface area contributed by atoms with Crippen LogP contribution in [-0.4, -0.2) is 32.3 Å². The molecule has 0 fully saturated rings. The molecule has 0 spiro atoms. The first-order valence-electron chi connectivity index (χ1n) is 9.34. The zero-order valence-electron chi connectivity index (χ0n) is 15.4. The molecule has 5 nitrogen and oxygen atoms in total. The van der Waals surface area contributed by atoms with Crippen molar-refractivity contribution in [3.8, 4) is 6.07 Å². The predicted molar refractivity (Wildman–Crippen MR) is 96.4 cm³/mol. The Morgan fingerprint density at radius 2 is 1.67 bits per heavy atom. The Morgan fingerprint density at radius 1 is 1.00 bits per heavy atom. The highest BCUT2D eigenvalue weighted by molar-refractivity contribution is 5.92. The highest BCUT2D eigenvalue weighted by atomic mass is 16.5. The maximum atomic E-state index is 11.7. The summed E-state index contributed by atoms with van der Waals surface area (Å²) in [6.45, 7) is 6.41. The third kappa shape index (κ3) is 14.1. The normalized spacial score (nSPS) is 11.1. The minimum absolute atomic E-state index is 0.0194. The number of esters is 1. The Labute approximate surface area is 147 Å². The van der Waals surface area contributed by atoms with E-state index < -0.39 is 5.97 Å². The summed E-state index contributed by atoms with van der Waals surface area (Å²) in [5, 5.41) is 12.0. The van der Waals surface area contributed by atoms with E-state index in [1.165, 1.54) is 51.1 Å². The van der Waals surface area contributed by atoms with Crippen LogP contribution in [0.3, 0.4) is 0 Å². The Kier molecular flexibility index (Phi) is 16.7. The Balaban J connectivity index is 3.66. The smallest absolute Gasteiger partial charge is 0.350 e. The molecule has 0 rings (SSSR count). The number of carbonyl (C=O) groups is 1. The van der Waals surface area contributed by atoms with E-state index in [2.05, 4.69) is 12.2 Å². The minimum atomic E-state index is -0.572. The summed E-state index contributed by atoms with van der Waals surface area (Å²) in [5.41, 5.74) is 0.0194. The molecular weight excluding hydrogens is 304 g/mol. The number of nitrogens with zero attached hydrogens (tertiary/aromatic N) is 1. The van der Waals surface area contributed by atoms with Gasteiger partial charge in [0.1, 0.15) is 6.07 Å². The lowest BCUT2D eigenvalue weighted by Crippen LogP contribution is -2.14. The van der Waals surface area contributed by atoms with Gasteiger partial charge in [-0.15, -0.1) is 0 Å². The van der Waals surface area contributed by atoms with Crippen molar-refractivity contribution in [2.45, 2.75) is 71.6 Å². The summed E-state index contributed by atoms with van der Waals surface area (Å²) in [6, 6.07) is 1.88. The van der Waals surface area contributed by atoms with Gasteiger partial charge in [-0.05, 0) is 13.3 Å².